The second-order valence-corrected chi connectivity index (χ2v) is 16.5. The minimum Gasteiger partial charge on any atom is -0.726 e. The monoisotopic (exact) mass is 670 g/mol. The molecule has 4 rings (SSSR count). The van der Waals surface area contributed by atoms with Crippen molar-refractivity contribution in [1.29, 1.82) is 0 Å². The third-order valence-corrected chi connectivity index (χ3v) is 13.3. The Kier molecular flexibility index (Phi) is 21.2. The van der Waals surface area contributed by atoms with Gasteiger partial charge >= 0.3 is 59.1 Å². The number of fused-ring (bicyclic) bond motifs is 5. The molecular weight excluding hydrogens is 606 g/mol. The Morgan fingerprint density at radius 1 is 0.800 bits per heavy atom. The van der Waals surface area contributed by atoms with Gasteiger partial charge in [-0.15, -0.1) is 0 Å². The van der Waals surface area contributed by atoms with Crippen LogP contribution < -0.4 is 64.2 Å². The Morgan fingerprint density at radius 2 is 1.40 bits per heavy atom. The molecule has 0 radical (unpaired) electrons. The summed E-state index contributed by atoms with van der Waals surface area (Å²) in [6, 6.07) is 0. The summed E-state index contributed by atoms with van der Waals surface area (Å²) >= 11 is 0. The first-order chi connectivity index (χ1) is 20.4. The van der Waals surface area contributed by atoms with E-state index in [1.54, 1.807) is 0 Å². The van der Waals surface area contributed by atoms with Crippen molar-refractivity contribution in [3.05, 3.63) is 0 Å². The van der Waals surface area contributed by atoms with Gasteiger partial charge < -0.3 is 14.5 Å². The van der Waals surface area contributed by atoms with E-state index in [0.717, 1.165) is 48.9 Å². The van der Waals surface area contributed by atoms with E-state index in [4.69, 9.17) is 0 Å². The van der Waals surface area contributed by atoms with E-state index in [-0.39, 0.29) is 72.1 Å². The Morgan fingerprint density at radius 3 is 2.00 bits per heavy atom. The van der Waals surface area contributed by atoms with E-state index in [2.05, 4.69) is 31.9 Å². The van der Waals surface area contributed by atoms with Crippen LogP contribution in [-0.2, 0) is 19.4 Å². The second-order valence-electron chi connectivity index (χ2n) is 15.4. The minimum atomic E-state index is -4.48. The van der Waals surface area contributed by atoms with Crippen LogP contribution >= 0.6 is 0 Å². The second kappa shape index (κ2) is 21.5. The van der Waals surface area contributed by atoms with Crippen LogP contribution in [0.3, 0.4) is 0 Å². The van der Waals surface area contributed by atoms with Crippen molar-refractivity contribution < 1.29 is 86.2 Å². The molecule has 0 spiro atoms. The van der Waals surface area contributed by atoms with Gasteiger partial charge in [-0.25, -0.2) is 8.42 Å². The number of aliphatic carboxylic acids is 1. The number of carboxylic acids is 1. The Hall–Kier alpha value is 1.34. The normalized spacial score (nSPS) is 32.8. The molecule has 0 bridgehead atoms. The number of hydrogen-bond donors (Lipinski definition) is 0. The molecule has 4 saturated carbocycles. The molecule has 1 unspecified atom stereocenters. The first kappa shape index (κ1) is 44.4. The van der Waals surface area contributed by atoms with Crippen molar-refractivity contribution in [3.63, 3.8) is 0 Å². The number of rotatable bonds is 16. The Labute approximate surface area is 321 Å². The zero-order chi connectivity index (χ0) is 31.5. The topological polar surface area (TPSA) is 107 Å². The van der Waals surface area contributed by atoms with Crippen LogP contribution in [0, 0.1) is 46.3 Å². The fourth-order valence-electron chi connectivity index (χ4n) is 10.6. The van der Waals surface area contributed by atoms with Crippen LogP contribution in [0.2, 0.25) is 0 Å². The predicted molar refractivity (Wildman–Crippen MR) is 171 cm³/mol. The third-order valence-electron chi connectivity index (χ3n) is 12.9. The van der Waals surface area contributed by atoms with Crippen molar-refractivity contribution in [3.8, 4) is 0 Å². The summed E-state index contributed by atoms with van der Waals surface area (Å²) < 4.78 is 34.5. The number of carbonyl (C=O) groups excluding carboxylic acids is 1. The van der Waals surface area contributed by atoms with E-state index in [1.165, 1.54) is 109 Å². The van der Waals surface area contributed by atoms with Gasteiger partial charge in [0, 0.05) is 5.97 Å². The van der Waals surface area contributed by atoms with E-state index in [0.29, 0.717) is 23.2 Å². The van der Waals surface area contributed by atoms with Gasteiger partial charge in [-0.05, 0) is 117 Å². The SMILES string of the molecule is CCCCCCCCCCCCOS(=O)(=O)[O-].C[C@H](CCC(=O)[O-])[C@H]1CC[C@H]2[C@@H]3CCC4CCCC[C@]4(C)[C@H]3CC[C@]12C.[Na+].[Na+]. The van der Waals surface area contributed by atoms with Gasteiger partial charge in [-0.2, -0.15) is 0 Å². The maximum absolute atomic E-state index is 10.9. The molecule has 0 N–H and O–H groups in total. The molecule has 8 atom stereocenters. The zero-order valence-corrected chi connectivity index (χ0v) is 34.9. The molecule has 0 aromatic carbocycles. The van der Waals surface area contributed by atoms with Crippen LogP contribution in [0.15, 0.2) is 0 Å². The molecule has 252 valence electrons. The molecule has 0 aromatic rings. The molecule has 6 nitrogen and oxygen atoms in total. The summed E-state index contributed by atoms with van der Waals surface area (Å²) in [5.41, 5.74) is 1.09. The fourth-order valence-corrected chi connectivity index (χ4v) is 10.9. The number of unbranched alkanes of at least 4 members (excludes halogenated alkanes) is 9. The molecule has 0 amide bonds. The van der Waals surface area contributed by atoms with E-state index in [9.17, 15) is 22.9 Å². The molecule has 0 saturated heterocycles. The maximum Gasteiger partial charge on any atom is 1.00 e. The fraction of sp³-hybridized carbons (Fsp3) is 0.972. The van der Waals surface area contributed by atoms with Gasteiger partial charge in [0.15, 0.2) is 0 Å². The number of hydrogen-bond acceptors (Lipinski definition) is 6. The smallest absolute Gasteiger partial charge is 0.726 e. The first-order valence-electron chi connectivity index (χ1n) is 18.2. The van der Waals surface area contributed by atoms with Gasteiger partial charge in [-0.1, -0.05) is 98.3 Å². The average molecular weight is 671 g/mol. The van der Waals surface area contributed by atoms with Crippen LogP contribution in [0.5, 0.6) is 0 Å². The van der Waals surface area contributed by atoms with Gasteiger partial charge in [0.2, 0.25) is 10.4 Å². The molecule has 4 aliphatic rings. The molecular formula is C36H64Na2O6S. The van der Waals surface area contributed by atoms with Gasteiger partial charge in [0.1, 0.15) is 0 Å². The van der Waals surface area contributed by atoms with Crippen molar-refractivity contribution in [2.75, 3.05) is 6.61 Å². The summed E-state index contributed by atoms with van der Waals surface area (Å²) in [7, 11) is -4.48. The first-order valence-corrected chi connectivity index (χ1v) is 19.6. The molecule has 4 fully saturated rings. The average Bonchev–Trinajstić information content (AvgIpc) is 3.31. The molecule has 9 heteroatoms. The van der Waals surface area contributed by atoms with Crippen molar-refractivity contribution in [2.45, 2.75) is 169 Å². The maximum atomic E-state index is 10.9. The summed E-state index contributed by atoms with van der Waals surface area (Å²) in [6.45, 7) is 9.79. The Bertz CT molecular complexity index is 948. The Balaban J connectivity index is 0.000000472. The molecule has 0 heterocycles. The van der Waals surface area contributed by atoms with Crippen LogP contribution in [0.1, 0.15) is 169 Å². The quantitative estimate of drug-likeness (QED) is 0.108. The minimum absolute atomic E-state index is 0. The third kappa shape index (κ3) is 13.2. The van der Waals surface area contributed by atoms with Crippen LogP contribution in [0.4, 0.5) is 0 Å². The summed E-state index contributed by atoms with van der Waals surface area (Å²) in [6.07, 6.45) is 27.2. The molecule has 0 aliphatic heterocycles. The van der Waals surface area contributed by atoms with Gasteiger partial charge in [0.05, 0.1) is 6.61 Å². The largest absolute Gasteiger partial charge is 1.00 e. The standard InChI is InChI=1S/C24H40O2.C12H26O4S.2Na/c1-16(7-12-22(25)26)19-10-11-20-18-9-8-17-6-4-5-14-23(17,2)21(18)13-15-24(19,20)3;1-2-3-4-5-6-7-8-9-10-11-12-16-17(13,14)15;;/h16-21H,4-15H2,1-3H3,(H,25,26);2-12H2,1H3,(H,13,14,15);;/q;;2*+1/p-2/t16-,17?,18+,19-,20+,21+,23+,24-;;;/m1.../s1. The van der Waals surface area contributed by atoms with Crippen molar-refractivity contribution >= 4 is 16.4 Å². The summed E-state index contributed by atoms with van der Waals surface area (Å²) in [5, 5.41) is 10.9. The summed E-state index contributed by atoms with van der Waals surface area (Å²) in [5.74, 6) is 4.20. The summed E-state index contributed by atoms with van der Waals surface area (Å²) in [4.78, 5) is 10.9. The van der Waals surface area contributed by atoms with Gasteiger partial charge in [0.25, 0.3) is 0 Å². The number of carboxylic acid groups (broad SMARTS) is 1. The van der Waals surface area contributed by atoms with Crippen LogP contribution in [-0.4, -0.2) is 25.5 Å². The van der Waals surface area contributed by atoms with Crippen LogP contribution in [0.25, 0.3) is 0 Å². The predicted octanol–water partition coefficient (Wildman–Crippen LogP) is 2.59. The number of carbonyl (C=O) groups is 1. The molecule has 0 aromatic heterocycles. The zero-order valence-electron chi connectivity index (χ0n) is 30.1. The van der Waals surface area contributed by atoms with E-state index >= 15 is 0 Å². The molecule has 45 heavy (non-hydrogen) atoms. The van der Waals surface area contributed by atoms with Crippen molar-refractivity contribution in [2.24, 2.45) is 46.3 Å². The van der Waals surface area contributed by atoms with Crippen molar-refractivity contribution in [1.82, 2.24) is 0 Å². The molecule has 4 aliphatic carbocycles. The van der Waals surface area contributed by atoms with Gasteiger partial charge in [-0.3, -0.25) is 4.18 Å². The van der Waals surface area contributed by atoms with E-state index in [1.807, 2.05) is 0 Å². The van der Waals surface area contributed by atoms with E-state index < -0.39 is 16.4 Å².